The molecule has 0 aliphatic carbocycles. The molecule has 1 heterocycles. The first-order chi connectivity index (χ1) is 6.13. The predicted molar refractivity (Wildman–Crippen MR) is 45.3 cm³/mol. The Morgan fingerprint density at radius 2 is 1.54 bits per heavy atom. The fraction of sp³-hybridized carbons (Fsp3) is 0. The van der Waals surface area contributed by atoms with E-state index in [1.165, 1.54) is 6.20 Å². The van der Waals surface area contributed by atoms with Crippen molar-refractivity contribution in [3.63, 3.8) is 0 Å². The first kappa shape index (κ1) is 8.22. The van der Waals surface area contributed by atoms with Crippen LogP contribution in [0.2, 0.25) is 0 Å². The molecule has 2 aromatic rings. The summed E-state index contributed by atoms with van der Waals surface area (Å²) < 4.78 is 4.24. The van der Waals surface area contributed by atoms with Gasteiger partial charge in [0.2, 0.25) is 0 Å². The van der Waals surface area contributed by atoms with Crippen molar-refractivity contribution in [2.45, 2.75) is 0 Å². The zero-order valence-electron chi connectivity index (χ0n) is 6.22. The predicted octanol–water partition coefficient (Wildman–Crippen LogP) is 0.114. The fourth-order valence-electron chi connectivity index (χ4n) is 1.04. The molecule has 13 heavy (non-hydrogen) atoms. The van der Waals surface area contributed by atoms with Gasteiger partial charge in [-0.05, 0) is 0 Å². The second-order valence-electron chi connectivity index (χ2n) is 2.46. The molecule has 0 aliphatic rings. The Morgan fingerprint density at radius 1 is 0.923 bits per heavy atom. The zero-order valence-corrected chi connectivity index (χ0v) is 7.93. The van der Waals surface area contributed by atoms with Crippen LogP contribution in [0, 0.1) is 0 Å². The van der Waals surface area contributed by atoms with Crippen LogP contribution in [0.3, 0.4) is 0 Å². The van der Waals surface area contributed by atoms with Crippen molar-refractivity contribution in [3.8, 4) is 23.0 Å². The van der Waals surface area contributed by atoms with Crippen LogP contribution in [0.4, 0.5) is 0 Å². The van der Waals surface area contributed by atoms with E-state index in [-0.39, 0.29) is 20.1 Å². The topological polar surface area (TPSA) is 93.8 Å². The molecule has 0 unspecified atom stereocenters. The van der Waals surface area contributed by atoms with Gasteiger partial charge in [-0.1, -0.05) is 0 Å². The van der Waals surface area contributed by atoms with E-state index in [0.717, 1.165) is 0 Å². The molecule has 0 fully saturated rings. The summed E-state index contributed by atoms with van der Waals surface area (Å²) in [7, 11) is 0. The molecule has 0 radical (unpaired) electrons. The molecule has 0 saturated carbocycles. The van der Waals surface area contributed by atoms with E-state index in [1.54, 1.807) is 0 Å². The van der Waals surface area contributed by atoms with Crippen molar-refractivity contribution in [3.05, 3.63) is 6.20 Å². The Kier molecular flexibility index (Phi) is 1.61. The van der Waals surface area contributed by atoms with Gasteiger partial charge in [0.15, 0.2) is 0 Å². The molecule has 6 heteroatoms. The summed E-state index contributed by atoms with van der Waals surface area (Å²) in [4.78, 5) is 0. The second kappa shape index (κ2) is 2.55. The second-order valence-corrected chi connectivity index (χ2v) is 4.14. The monoisotopic (exact) mass is 247 g/mol. The van der Waals surface area contributed by atoms with Gasteiger partial charge >= 0.3 is 78.0 Å². The molecular formula is C7H5NO4Se. The molecule has 2 rings (SSSR count). The van der Waals surface area contributed by atoms with E-state index >= 15 is 0 Å². The van der Waals surface area contributed by atoms with Crippen LogP contribution in [0.5, 0.6) is 23.0 Å². The van der Waals surface area contributed by atoms with Gasteiger partial charge in [-0.25, -0.2) is 0 Å². The summed E-state index contributed by atoms with van der Waals surface area (Å²) in [6, 6.07) is 0. The number of benzene rings is 1. The fourth-order valence-corrected chi connectivity index (χ4v) is 2.50. The van der Waals surface area contributed by atoms with Crippen molar-refractivity contribution in [2.24, 2.45) is 0 Å². The Balaban J connectivity index is 3.02. The van der Waals surface area contributed by atoms with Crippen LogP contribution >= 0.6 is 0 Å². The van der Waals surface area contributed by atoms with Gasteiger partial charge < -0.3 is 0 Å². The number of phenols is 4. The van der Waals surface area contributed by atoms with Crippen molar-refractivity contribution < 1.29 is 20.4 Å². The Morgan fingerprint density at radius 3 is 2.23 bits per heavy atom. The SMILES string of the molecule is Oc1c(O)c(O)c2[se]ncc2c1O. The average Bonchev–Trinajstić information content (AvgIpc) is 2.59. The van der Waals surface area contributed by atoms with E-state index in [1.807, 2.05) is 0 Å². The van der Waals surface area contributed by atoms with E-state index in [0.29, 0.717) is 4.26 Å². The molecule has 0 amide bonds. The number of aromatic hydroxyl groups is 4. The molecular weight excluding hydrogens is 241 g/mol. The van der Waals surface area contributed by atoms with E-state index in [9.17, 15) is 10.2 Å². The molecule has 0 bridgehead atoms. The molecule has 4 N–H and O–H groups in total. The van der Waals surface area contributed by atoms with E-state index < -0.39 is 23.0 Å². The van der Waals surface area contributed by atoms with Crippen LogP contribution in [0.1, 0.15) is 0 Å². The van der Waals surface area contributed by atoms with Gasteiger partial charge in [0.1, 0.15) is 0 Å². The number of nitrogens with zero attached hydrogens (tertiary/aromatic N) is 1. The van der Waals surface area contributed by atoms with Crippen molar-refractivity contribution >= 4 is 24.4 Å². The summed E-state index contributed by atoms with van der Waals surface area (Å²) in [5, 5.41) is 37.2. The molecule has 0 spiro atoms. The number of phenolic OH excluding ortho intramolecular Hbond substituents is 4. The molecule has 0 aliphatic heterocycles. The summed E-state index contributed by atoms with van der Waals surface area (Å²) in [6.07, 6.45) is 1.36. The van der Waals surface area contributed by atoms with Gasteiger partial charge in [-0.2, -0.15) is 0 Å². The first-order valence-electron chi connectivity index (χ1n) is 3.33. The third kappa shape index (κ3) is 0.961. The minimum absolute atomic E-state index is 0.285. The molecule has 68 valence electrons. The maximum atomic E-state index is 9.34. The Hall–Kier alpha value is -1.39. The van der Waals surface area contributed by atoms with Crippen LogP contribution in [-0.4, -0.2) is 39.1 Å². The minimum atomic E-state index is -0.708. The first-order valence-corrected chi connectivity index (χ1v) is 4.95. The molecule has 1 aromatic heterocycles. The van der Waals surface area contributed by atoms with Crippen LogP contribution in [0.25, 0.3) is 9.65 Å². The average molecular weight is 246 g/mol. The van der Waals surface area contributed by atoms with Crippen molar-refractivity contribution in [1.29, 1.82) is 0 Å². The Labute approximate surface area is 78.5 Å². The summed E-state index contributed by atoms with van der Waals surface area (Å²) in [6.45, 7) is 0. The van der Waals surface area contributed by atoms with Gasteiger partial charge in [0.05, 0.1) is 0 Å². The third-order valence-electron chi connectivity index (χ3n) is 1.71. The molecule has 0 atom stereocenters. The van der Waals surface area contributed by atoms with Crippen LogP contribution < -0.4 is 0 Å². The zero-order chi connectivity index (χ0) is 9.59. The summed E-state index contributed by atoms with van der Waals surface area (Å²) >= 11 is -0.345. The number of rotatable bonds is 0. The van der Waals surface area contributed by atoms with Crippen LogP contribution in [-0.2, 0) is 0 Å². The molecule has 0 saturated heterocycles. The van der Waals surface area contributed by atoms with Gasteiger partial charge in [-0.15, -0.1) is 0 Å². The number of aromatic nitrogens is 1. The maximum absolute atomic E-state index is 9.34. The molecule has 5 nitrogen and oxygen atoms in total. The van der Waals surface area contributed by atoms with Crippen molar-refractivity contribution in [1.82, 2.24) is 3.98 Å². The van der Waals surface area contributed by atoms with E-state index in [4.69, 9.17) is 10.2 Å². The third-order valence-corrected chi connectivity index (χ3v) is 3.41. The van der Waals surface area contributed by atoms with Crippen molar-refractivity contribution in [2.75, 3.05) is 0 Å². The number of fused-ring (bicyclic) bond motifs is 1. The van der Waals surface area contributed by atoms with Gasteiger partial charge in [-0.3, -0.25) is 0 Å². The Bertz CT molecular complexity index is 437. The van der Waals surface area contributed by atoms with Gasteiger partial charge in [0, 0.05) is 0 Å². The quantitative estimate of drug-likeness (QED) is 0.301. The van der Waals surface area contributed by atoms with Crippen LogP contribution in [0.15, 0.2) is 6.20 Å². The van der Waals surface area contributed by atoms with E-state index in [2.05, 4.69) is 3.98 Å². The summed E-state index contributed by atoms with van der Waals surface area (Å²) in [5.41, 5.74) is 0. The number of hydrogen-bond donors (Lipinski definition) is 4. The number of hydrogen-bond acceptors (Lipinski definition) is 5. The standard InChI is InChI=1S/C7H5NO4Se/c9-3-2-1-8-13-7(2)6(12)5(11)4(3)10/h1,9-12H. The van der Waals surface area contributed by atoms with Gasteiger partial charge in [0.25, 0.3) is 0 Å². The normalized spacial score (nSPS) is 10.8. The molecule has 1 aromatic carbocycles. The summed E-state index contributed by atoms with van der Waals surface area (Å²) in [5.74, 6) is -2.24.